The molecule has 0 spiro atoms. The molecule has 1 aliphatic heterocycles. The van der Waals surface area contributed by atoms with Gasteiger partial charge in [-0.15, -0.1) is 0 Å². The number of nitrogens with zero attached hydrogens (tertiary/aromatic N) is 1. The summed E-state index contributed by atoms with van der Waals surface area (Å²) in [5, 5.41) is 0.685. The van der Waals surface area contributed by atoms with E-state index in [4.69, 9.17) is 4.74 Å². The molecule has 0 radical (unpaired) electrons. The van der Waals surface area contributed by atoms with Crippen molar-refractivity contribution in [3.8, 4) is 5.75 Å². The minimum Gasteiger partial charge on any atom is -0.490 e. The SMILES string of the molecule is CCC(CC)Oc1cc(F)c([C@H]2c3[nH]c4ccc(F)cc4c3C[C@H](C)N2C[C@@](C)(F)CC)c(F)c1.[HH]. The minimum absolute atomic E-state index is 0. The molecule has 4 rings (SSSR count). The lowest BCUT2D eigenvalue weighted by Gasteiger charge is -2.43. The van der Waals surface area contributed by atoms with Gasteiger partial charge in [-0.3, -0.25) is 4.90 Å². The lowest BCUT2D eigenvalue weighted by atomic mass is 9.86. The van der Waals surface area contributed by atoms with Crippen LogP contribution in [0.15, 0.2) is 30.3 Å². The number of fused-ring (bicyclic) bond motifs is 3. The highest BCUT2D eigenvalue weighted by molar-refractivity contribution is 5.85. The van der Waals surface area contributed by atoms with Crippen LogP contribution in [0.3, 0.4) is 0 Å². The maximum absolute atomic E-state index is 15.7. The number of hydrogen-bond acceptors (Lipinski definition) is 2. The van der Waals surface area contributed by atoms with E-state index in [1.165, 1.54) is 31.2 Å². The van der Waals surface area contributed by atoms with E-state index in [-0.39, 0.29) is 43.7 Å². The van der Waals surface area contributed by atoms with Gasteiger partial charge in [-0.1, -0.05) is 20.8 Å². The van der Waals surface area contributed by atoms with Gasteiger partial charge in [0.15, 0.2) is 0 Å². The van der Waals surface area contributed by atoms with E-state index in [1.54, 1.807) is 13.0 Å². The second kappa shape index (κ2) is 9.84. The third-order valence-electron chi connectivity index (χ3n) is 7.36. The van der Waals surface area contributed by atoms with Crippen LogP contribution in [0.5, 0.6) is 5.75 Å². The Hall–Kier alpha value is -2.54. The van der Waals surface area contributed by atoms with Crippen LogP contribution in [0.2, 0.25) is 0 Å². The summed E-state index contributed by atoms with van der Waals surface area (Å²) in [6.07, 6.45) is 2.07. The van der Waals surface area contributed by atoms with Crippen molar-refractivity contribution < 1.29 is 23.7 Å². The molecule has 0 bridgehead atoms. The summed E-state index contributed by atoms with van der Waals surface area (Å²) in [6.45, 7) is 9.10. The van der Waals surface area contributed by atoms with Crippen LogP contribution in [0.1, 0.15) is 78.2 Å². The molecule has 7 heteroatoms. The van der Waals surface area contributed by atoms with Gasteiger partial charge >= 0.3 is 0 Å². The fourth-order valence-electron chi connectivity index (χ4n) is 5.11. The van der Waals surface area contributed by atoms with Gasteiger partial charge in [0.2, 0.25) is 0 Å². The first-order chi connectivity index (χ1) is 16.6. The monoisotopic (exact) mass is 492 g/mol. The predicted octanol–water partition coefficient (Wildman–Crippen LogP) is 7.87. The summed E-state index contributed by atoms with van der Waals surface area (Å²) in [7, 11) is 0. The quantitative estimate of drug-likeness (QED) is 0.324. The van der Waals surface area contributed by atoms with Crippen LogP contribution in [-0.2, 0) is 6.42 Å². The molecule has 0 saturated heterocycles. The van der Waals surface area contributed by atoms with Crippen molar-refractivity contribution in [2.75, 3.05) is 6.54 Å². The second-order valence-corrected chi connectivity index (χ2v) is 9.96. The maximum atomic E-state index is 15.7. The Morgan fingerprint density at radius 2 is 1.77 bits per heavy atom. The highest BCUT2D eigenvalue weighted by Crippen LogP contribution is 2.44. The maximum Gasteiger partial charge on any atom is 0.135 e. The topological polar surface area (TPSA) is 28.3 Å². The second-order valence-electron chi connectivity index (χ2n) is 9.96. The number of hydrogen-bond donors (Lipinski definition) is 1. The highest BCUT2D eigenvalue weighted by Gasteiger charge is 2.41. The molecule has 0 unspecified atom stereocenters. The van der Waals surface area contributed by atoms with Gasteiger partial charge in [-0.2, -0.15) is 0 Å². The zero-order chi connectivity index (χ0) is 25.5. The highest BCUT2D eigenvalue weighted by atomic mass is 19.1. The standard InChI is InChI=1S/C28H34F4N2O.H2/c1-6-18(7-2)35-19-13-22(30)25(23(31)14-19)27-26-21(20-12-17(29)9-10-24(20)33-26)11-16(4)34(27)15-28(5,32)8-3;/h9-10,12-14,16,18,27,33H,6-8,11,15H2,1-5H3;1H/t16-,27-,28-;/m0./s1. The first-order valence-corrected chi connectivity index (χ1v) is 12.5. The molecule has 1 aliphatic rings. The van der Waals surface area contributed by atoms with Crippen LogP contribution < -0.4 is 4.74 Å². The Balaban J connectivity index is 0.00000361. The zero-order valence-electron chi connectivity index (χ0n) is 21.0. The zero-order valence-corrected chi connectivity index (χ0v) is 21.0. The lowest BCUT2D eigenvalue weighted by molar-refractivity contribution is 0.0515. The van der Waals surface area contributed by atoms with Crippen molar-refractivity contribution in [2.45, 2.75) is 84.2 Å². The largest absolute Gasteiger partial charge is 0.490 e. The minimum atomic E-state index is -1.55. The number of ether oxygens (including phenoxy) is 1. The number of H-pyrrole nitrogens is 1. The molecular formula is C28H36F4N2O. The van der Waals surface area contributed by atoms with Gasteiger partial charge in [0, 0.05) is 48.3 Å². The van der Waals surface area contributed by atoms with Crippen LogP contribution in [0, 0.1) is 17.5 Å². The van der Waals surface area contributed by atoms with Crippen molar-refractivity contribution in [1.82, 2.24) is 9.88 Å². The molecule has 35 heavy (non-hydrogen) atoms. The van der Waals surface area contributed by atoms with Gasteiger partial charge in [0.05, 0.1) is 12.1 Å². The number of rotatable bonds is 8. The third-order valence-corrected chi connectivity index (χ3v) is 7.36. The summed E-state index contributed by atoms with van der Waals surface area (Å²) in [6, 6.07) is 5.72. The smallest absolute Gasteiger partial charge is 0.135 e. The fourth-order valence-corrected chi connectivity index (χ4v) is 5.11. The average Bonchev–Trinajstić information content (AvgIpc) is 3.16. The first kappa shape index (κ1) is 25.5. The van der Waals surface area contributed by atoms with Crippen molar-refractivity contribution >= 4 is 10.9 Å². The molecule has 2 aromatic carbocycles. The lowest BCUT2D eigenvalue weighted by Crippen LogP contribution is -2.48. The molecule has 1 N–H and O–H groups in total. The molecule has 0 amide bonds. The van der Waals surface area contributed by atoms with Crippen LogP contribution in [-0.4, -0.2) is 34.2 Å². The Morgan fingerprint density at radius 1 is 1.11 bits per heavy atom. The Labute approximate surface area is 206 Å². The number of halogens is 4. The number of aromatic nitrogens is 1. The molecule has 0 saturated carbocycles. The summed E-state index contributed by atoms with van der Waals surface area (Å²) < 4.78 is 66.5. The molecule has 192 valence electrons. The van der Waals surface area contributed by atoms with Crippen molar-refractivity contribution in [1.29, 1.82) is 0 Å². The van der Waals surface area contributed by atoms with Crippen molar-refractivity contribution in [2.24, 2.45) is 0 Å². The predicted molar refractivity (Wildman–Crippen MR) is 133 cm³/mol. The third kappa shape index (κ3) is 4.92. The summed E-state index contributed by atoms with van der Waals surface area (Å²) in [4.78, 5) is 5.09. The fraction of sp³-hybridized carbons (Fsp3) is 0.500. The van der Waals surface area contributed by atoms with E-state index in [9.17, 15) is 4.39 Å². The normalized spacial score (nSPS) is 20.3. The van der Waals surface area contributed by atoms with Gasteiger partial charge in [-0.05, 0) is 63.3 Å². The van der Waals surface area contributed by atoms with E-state index < -0.39 is 23.3 Å². The van der Waals surface area contributed by atoms with Crippen molar-refractivity contribution in [3.05, 3.63) is 64.6 Å². The molecule has 1 aromatic heterocycles. The van der Waals surface area contributed by atoms with E-state index in [0.29, 0.717) is 23.0 Å². The van der Waals surface area contributed by atoms with Gasteiger partial charge in [0.25, 0.3) is 0 Å². The molecule has 0 fully saturated rings. The van der Waals surface area contributed by atoms with Crippen LogP contribution >= 0.6 is 0 Å². The summed E-state index contributed by atoms with van der Waals surface area (Å²) >= 11 is 0. The molecule has 0 aliphatic carbocycles. The first-order valence-electron chi connectivity index (χ1n) is 12.5. The van der Waals surface area contributed by atoms with Gasteiger partial charge in [0.1, 0.15) is 28.9 Å². The number of nitrogens with one attached hydrogen (secondary N) is 1. The molecule has 3 nitrogen and oxygen atoms in total. The molecule has 2 heterocycles. The Morgan fingerprint density at radius 3 is 2.37 bits per heavy atom. The van der Waals surface area contributed by atoms with Crippen LogP contribution in [0.25, 0.3) is 10.9 Å². The number of aromatic amines is 1. The number of alkyl halides is 1. The molecule has 3 atom stereocenters. The number of benzene rings is 2. The van der Waals surface area contributed by atoms with Crippen molar-refractivity contribution in [3.63, 3.8) is 0 Å². The molecule has 3 aromatic rings. The van der Waals surface area contributed by atoms with Gasteiger partial charge in [-0.25, -0.2) is 17.6 Å². The van der Waals surface area contributed by atoms with Crippen LogP contribution in [0.4, 0.5) is 17.6 Å². The van der Waals surface area contributed by atoms with E-state index in [0.717, 1.165) is 18.4 Å². The average molecular weight is 493 g/mol. The Bertz CT molecular complexity index is 1180. The van der Waals surface area contributed by atoms with E-state index >= 15 is 13.2 Å². The molecular weight excluding hydrogens is 456 g/mol. The Kier molecular flexibility index (Phi) is 7.18. The van der Waals surface area contributed by atoms with Gasteiger partial charge < -0.3 is 9.72 Å². The van der Waals surface area contributed by atoms with E-state index in [2.05, 4.69) is 4.98 Å². The summed E-state index contributed by atoms with van der Waals surface area (Å²) in [5.41, 5.74) is 0.355. The summed E-state index contributed by atoms with van der Waals surface area (Å²) in [5.74, 6) is -1.74. The van der Waals surface area contributed by atoms with E-state index in [1.807, 2.05) is 25.7 Å².